The number of hydrogen-bond donors (Lipinski definition) is 0. The molecule has 0 aliphatic heterocycles. The molecule has 2 rings (SSSR count). The molecule has 2 aromatic rings. The number of rotatable bonds is 5. The number of esters is 1. The molecule has 0 aliphatic carbocycles. The largest absolute Gasteiger partial charge is 0.454 e. The number of thiazole rings is 1. The third-order valence-electron chi connectivity index (χ3n) is 2.83. The highest BCUT2D eigenvalue weighted by Crippen LogP contribution is 2.23. The highest BCUT2D eigenvalue weighted by atomic mass is 35.5. The second kappa shape index (κ2) is 7.55. The van der Waals surface area contributed by atoms with Crippen molar-refractivity contribution >= 4 is 46.3 Å². The van der Waals surface area contributed by atoms with Crippen molar-refractivity contribution in [3.8, 4) is 6.07 Å². The minimum Gasteiger partial charge on any atom is -0.454 e. The SMILES string of the molecule is Cc1csc([C@@H](C#N)C(=O)COC(=O)c2ccc(Cl)cc2Cl)n1. The molecular formula is C15H10Cl2N2O3S. The quantitative estimate of drug-likeness (QED) is 0.749. The molecule has 1 aromatic carbocycles. The number of aryl methyl sites for hydroxylation is 1. The van der Waals surface area contributed by atoms with E-state index in [-0.39, 0.29) is 10.6 Å². The van der Waals surface area contributed by atoms with Crippen LogP contribution in [0.25, 0.3) is 0 Å². The fourth-order valence-corrected chi connectivity index (χ4v) is 3.07. The van der Waals surface area contributed by atoms with Crippen molar-refractivity contribution in [3.63, 3.8) is 0 Å². The molecule has 0 bridgehead atoms. The first-order valence-corrected chi connectivity index (χ1v) is 8.02. The third kappa shape index (κ3) is 4.29. The first kappa shape index (κ1) is 17.4. The normalized spacial score (nSPS) is 11.6. The van der Waals surface area contributed by atoms with Crippen molar-refractivity contribution in [2.24, 2.45) is 0 Å². The van der Waals surface area contributed by atoms with E-state index < -0.39 is 24.3 Å². The van der Waals surface area contributed by atoms with E-state index in [0.29, 0.717) is 10.0 Å². The lowest BCUT2D eigenvalue weighted by Crippen LogP contribution is -2.20. The van der Waals surface area contributed by atoms with Gasteiger partial charge < -0.3 is 4.74 Å². The Labute approximate surface area is 146 Å². The molecule has 0 radical (unpaired) electrons. The highest BCUT2D eigenvalue weighted by Gasteiger charge is 2.25. The monoisotopic (exact) mass is 368 g/mol. The van der Waals surface area contributed by atoms with Crippen molar-refractivity contribution in [1.29, 1.82) is 5.26 Å². The summed E-state index contributed by atoms with van der Waals surface area (Å²) >= 11 is 12.9. The Hall–Kier alpha value is -1.94. The van der Waals surface area contributed by atoms with Crippen LogP contribution in [0.15, 0.2) is 23.6 Å². The Bertz CT molecular complexity index is 798. The summed E-state index contributed by atoms with van der Waals surface area (Å²) in [6, 6.07) is 6.17. The molecule has 23 heavy (non-hydrogen) atoms. The molecule has 0 aliphatic rings. The molecule has 0 saturated heterocycles. The second-order valence-corrected chi connectivity index (χ2v) is 6.29. The summed E-state index contributed by atoms with van der Waals surface area (Å²) in [6.45, 7) is 1.23. The molecule has 0 fully saturated rings. The van der Waals surface area contributed by atoms with Crippen LogP contribution in [-0.2, 0) is 9.53 Å². The van der Waals surface area contributed by atoms with Crippen LogP contribution in [0.4, 0.5) is 0 Å². The Balaban J connectivity index is 2.03. The number of hydrogen-bond acceptors (Lipinski definition) is 6. The smallest absolute Gasteiger partial charge is 0.340 e. The number of nitrogens with zero attached hydrogens (tertiary/aromatic N) is 2. The number of carbonyl (C=O) groups is 2. The standard InChI is InChI=1S/C15H10Cl2N2O3S/c1-8-7-23-14(19-8)11(5-18)13(20)6-22-15(21)10-3-2-9(16)4-12(10)17/h2-4,7,11H,6H2,1H3/t11-/m0/s1. The van der Waals surface area contributed by atoms with Crippen LogP contribution in [-0.4, -0.2) is 23.3 Å². The Kier molecular flexibility index (Phi) is 5.72. The van der Waals surface area contributed by atoms with Gasteiger partial charge in [0, 0.05) is 16.1 Å². The van der Waals surface area contributed by atoms with Gasteiger partial charge >= 0.3 is 5.97 Å². The van der Waals surface area contributed by atoms with Crippen molar-refractivity contribution in [3.05, 3.63) is 49.9 Å². The molecular weight excluding hydrogens is 359 g/mol. The summed E-state index contributed by atoms with van der Waals surface area (Å²) in [5.41, 5.74) is 0.824. The van der Waals surface area contributed by atoms with Gasteiger partial charge in [-0.2, -0.15) is 5.26 Å². The summed E-state index contributed by atoms with van der Waals surface area (Å²) in [5.74, 6) is -2.35. The minimum absolute atomic E-state index is 0.0995. The average molecular weight is 369 g/mol. The Morgan fingerprint density at radius 2 is 2.17 bits per heavy atom. The van der Waals surface area contributed by atoms with Gasteiger partial charge in [-0.15, -0.1) is 11.3 Å². The van der Waals surface area contributed by atoms with Crippen LogP contribution in [0.1, 0.15) is 27.0 Å². The minimum atomic E-state index is -1.05. The zero-order valence-corrected chi connectivity index (χ0v) is 14.2. The molecule has 1 aromatic heterocycles. The number of ether oxygens (including phenoxy) is 1. The first-order valence-electron chi connectivity index (χ1n) is 6.39. The molecule has 0 N–H and O–H groups in total. The Morgan fingerprint density at radius 1 is 1.43 bits per heavy atom. The fraction of sp³-hybridized carbons (Fsp3) is 0.200. The van der Waals surface area contributed by atoms with E-state index in [2.05, 4.69) is 4.98 Å². The van der Waals surface area contributed by atoms with Gasteiger partial charge in [-0.3, -0.25) is 4.79 Å². The van der Waals surface area contributed by atoms with Crippen LogP contribution in [0.2, 0.25) is 10.0 Å². The van der Waals surface area contributed by atoms with Crippen molar-refractivity contribution in [2.75, 3.05) is 6.61 Å². The van der Waals surface area contributed by atoms with Crippen molar-refractivity contribution < 1.29 is 14.3 Å². The fourth-order valence-electron chi connectivity index (χ4n) is 1.72. The lowest BCUT2D eigenvalue weighted by molar-refractivity contribution is -0.122. The van der Waals surface area contributed by atoms with Crippen molar-refractivity contribution in [1.82, 2.24) is 4.98 Å². The summed E-state index contributed by atoms with van der Waals surface area (Å²) < 4.78 is 4.93. The first-order chi connectivity index (χ1) is 10.9. The summed E-state index contributed by atoms with van der Waals surface area (Å²) in [5, 5.41) is 11.8. The van der Waals surface area contributed by atoms with Crippen molar-refractivity contribution in [2.45, 2.75) is 12.8 Å². The van der Waals surface area contributed by atoms with E-state index in [0.717, 1.165) is 5.69 Å². The predicted octanol–water partition coefficient (Wildman–Crippen LogP) is 3.79. The van der Waals surface area contributed by atoms with Gasteiger partial charge in [-0.25, -0.2) is 9.78 Å². The predicted molar refractivity (Wildman–Crippen MR) is 87.0 cm³/mol. The van der Waals surface area contributed by atoms with E-state index in [1.165, 1.54) is 29.5 Å². The number of halogens is 2. The number of benzene rings is 1. The molecule has 0 unspecified atom stereocenters. The number of ketones is 1. The topological polar surface area (TPSA) is 80.0 Å². The molecule has 0 saturated carbocycles. The number of nitriles is 1. The van der Waals surface area contributed by atoms with Gasteiger partial charge in [-0.05, 0) is 25.1 Å². The van der Waals surface area contributed by atoms with Gasteiger partial charge in [0.25, 0.3) is 0 Å². The second-order valence-electron chi connectivity index (χ2n) is 4.56. The van der Waals surface area contributed by atoms with Crippen LogP contribution >= 0.6 is 34.5 Å². The van der Waals surface area contributed by atoms with E-state index >= 15 is 0 Å². The Morgan fingerprint density at radius 3 is 2.74 bits per heavy atom. The van der Waals surface area contributed by atoms with E-state index in [4.69, 9.17) is 33.2 Å². The lowest BCUT2D eigenvalue weighted by atomic mass is 10.1. The maximum atomic E-state index is 12.1. The van der Waals surface area contributed by atoms with Crippen LogP contribution in [0.3, 0.4) is 0 Å². The van der Waals surface area contributed by atoms with Crippen LogP contribution in [0.5, 0.6) is 0 Å². The van der Waals surface area contributed by atoms with Crippen LogP contribution in [0, 0.1) is 18.3 Å². The van der Waals surface area contributed by atoms with E-state index in [9.17, 15) is 9.59 Å². The average Bonchev–Trinajstić information content (AvgIpc) is 2.92. The van der Waals surface area contributed by atoms with Gasteiger partial charge in [0.1, 0.15) is 5.01 Å². The lowest BCUT2D eigenvalue weighted by Gasteiger charge is -2.08. The molecule has 118 valence electrons. The summed E-state index contributed by atoms with van der Waals surface area (Å²) in [4.78, 5) is 28.1. The van der Waals surface area contributed by atoms with Gasteiger partial charge in [-0.1, -0.05) is 23.2 Å². The summed E-state index contributed by atoms with van der Waals surface area (Å²) in [7, 11) is 0. The van der Waals surface area contributed by atoms with E-state index in [1.807, 2.05) is 6.07 Å². The maximum absolute atomic E-state index is 12.1. The number of carbonyl (C=O) groups excluding carboxylic acids is 2. The zero-order chi connectivity index (χ0) is 17.0. The number of aromatic nitrogens is 1. The molecule has 5 nitrogen and oxygen atoms in total. The number of Topliss-reactive ketones (excluding diaryl/α,β-unsaturated/α-hetero) is 1. The third-order valence-corrected chi connectivity index (χ3v) is 4.41. The van der Waals surface area contributed by atoms with Gasteiger partial charge in [0.05, 0.1) is 16.7 Å². The highest BCUT2D eigenvalue weighted by molar-refractivity contribution is 7.09. The van der Waals surface area contributed by atoms with Gasteiger partial charge in [0.15, 0.2) is 18.3 Å². The van der Waals surface area contributed by atoms with Crippen LogP contribution < -0.4 is 0 Å². The molecule has 1 atom stereocenters. The molecule has 8 heteroatoms. The molecule has 1 heterocycles. The molecule has 0 amide bonds. The maximum Gasteiger partial charge on any atom is 0.340 e. The zero-order valence-electron chi connectivity index (χ0n) is 11.9. The van der Waals surface area contributed by atoms with Gasteiger partial charge in [0.2, 0.25) is 0 Å². The van der Waals surface area contributed by atoms with E-state index in [1.54, 1.807) is 12.3 Å². The summed E-state index contributed by atoms with van der Waals surface area (Å²) in [6.07, 6.45) is 0. The molecule has 0 spiro atoms.